The molecule has 1 fully saturated rings. The van der Waals surface area contributed by atoms with Crippen molar-refractivity contribution in [3.05, 3.63) is 42.5 Å². The molecule has 0 spiro atoms. The molecule has 31 heavy (non-hydrogen) atoms. The van der Waals surface area contributed by atoms with Crippen LogP contribution in [0, 0.1) is 0 Å². The van der Waals surface area contributed by atoms with E-state index < -0.39 is 15.9 Å². The van der Waals surface area contributed by atoms with Crippen LogP contribution in [0.1, 0.15) is 25.7 Å². The Morgan fingerprint density at radius 2 is 1.68 bits per heavy atom. The molecule has 0 aromatic heterocycles. The van der Waals surface area contributed by atoms with E-state index in [-0.39, 0.29) is 12.6 Å². The van der Waals surface area contributed by atoms with Crippen LogP contribution in [-0.2, 0) is 14.8 Å². The first-order chi connectivity index (χ1) is 14.8. The fraction of sp³-hybridized carbons (Fsp3) is 0.409. The summed E-state index contributed by atoms with van der Waals surface area (Å²) in [6, 6.07) is 11.8. The molecule has 0 heterocycles. The van der Waals surface area contributed by atoms with Gasteiger partial charge in [-0.3, -0.25) is 9.10 Å². The summed E-state index contributed by atoms with van der Waals surface area (Å²) in [5.74, 6) is 1.12. The molecule has 168 valence electrons. The van der Waals surface area contributed by atoms with E-state index in [1.165, 1.54) is 33.1 Å². The van der Waals surface area contributed by atoms with Crippen molar-refractivity contribution in [3.63, 3.8) is 0 Å². The van der Waals surface area contributed by atoms with Crippen LogP contribution in [0.5, 0.6) is 17.2 Å². The fourth-order valence-electron chi connectivity index (χ4n) is 3.53. The van der Waals surface area contributed by atoms with Gasteiger partial charge in [0.1, 0.15) is 12.3 Å². The molecule has 8 nitrogen and oxygen atoms in total. The van der Waals surface area contributed by atoms with E-state index in [1.54, 1.807) is 36.4 Å². The van der Waals surface area contributed by atoms with Gasteiger partial charge in [0.2, 0.25) is 15.9 Å². The van der Waals surface area contributed by atoms with Gasteiger partial charge in [0.05, 0.1) is 32.3 Å². The predicted octanol–water partition coefficient (Wildman–Crippen LogP) is 3.43. The zero-order valence-corrected chi connectivity index (χ0v) is 18.8. The van der Waals surface area contributed by atoms with Gasteiger partial charge in [-0.05, 0) is 62.1 Å². The molecule has 0 unspecified atom stereocenters. The third kappa shape index (κ3) is 6.04. The van der Waals surface area contributed by atoms with Gasteiger partial charge in [0.15, 0.2) is 11.5 Å². The van der Waals surface area contributed by atoms with Crippen molar-refractivity contribution < 1.29 is 27.4 Å². The molecule has 0 atom stereocenters. The summed E-state index contributed by atoms with van der Waals surface area (Å²) >= 11 is 0. The average Bonchev–Trinajstić information content (AvgIpc) is 3.25. The van der Waals surface area contributed by atoms with E-state index in [1.807, 2.05) is 0 Å². The summed E-state index contributed by atoms with van der Waals surface area (Å²) < 4.78 is 42.0. The minimum atomic E-state index is -3.71. The third-order valence-electron chi connectivity index (χ3n) is 5.09. The van der Waals surface area contributed by atoms with Crippen LogP contribution < -0.4 is 23.8 Å². The van der Waals surface area contributed by atoms with Crippen LogP contribution in [0.2, 0.25) is 0 Å². The Labute approximate surface area is 183 Å². The van der Waals surface area contributed by atoms with Crippen molar-refractivity contribution in [1.29, 1.82) is 0 Å². The molecule has 1 aliphatic rings. The first-order valence-electron chi connectivity index (χ1n) is 10.1. The Balaban J connectivity index is 1.68. The summed E-state index contributed by atoms with van der Waals surface area (Å²) in [5, 5.41) is 2.73. The molecule has 1 saturated carbocycles. The summed E-state index contributed by atoms with van der Waals surface area (Å²) in [5.41, 5.74) is 0.861. The minimum Gasteiger partial charge on any atom is -0.493 e. The number of methoxy groups -OCH3 is 2. The van der Waals surface area contributed by atoms with Crippen molar-refractivity contribution in [2.45, 2.75) is 31.8 Å². The monoisotopic (exact) mass is 448 g/mol. The maximum Gasteiger partial charge on any atom is 0.245 e. The maximum atomic E-state index is 12.6. The van der Waals surface area contributed by atoms with Crippen LogP contribution >= 0.6 is 0 Å². The van der Waals surface area contributed by atoms with Crippen LogP contribution in [0.4, 0.5) is 11.4 Å². The second-order valence-corrected chi connectivity index (χ2v) is 9.31. The quantitative estimate of drug-likeness (QED) is 0.632. The molecular weight excluding hydrogens is 420 g/mol. The zero-order chi connectivity index (χ0) is 22.4. The van der Waals surface area contributed by atoms with Crippen molar-refractivity contribution in [2.75, 3.05) is 36.6 Å². The summed E-state index contributed by atoms with van der Waals surface area (Å²) in [6.45, 7) is -0.380. The lowest BCUT2D eigenvalue weighted by molar-refractivity contribution is -0.114. The molecule has 9 heteroatoms. The normalized spacial score (nSPS) is 14.2. The number of hydrogen-bond acceptors (Lipinski definition) is 6. The standard InChI is InChI=1S/C22H28N2O6S/c1-28-20-13-10-17(14-21(20)29-2)24(31(3,26)27)15-22(25)23-16-8-11-19(12-9-16)30-18-6-4-5-7-18/h8-14,18H,4-7,15H2,1-3H3,(H,23,25). The van der Waals surface area contributed by atoms with Crippen LogP contribution in [0.3, 0.4) is 0 Å². The number of hydrogen-bond donors (Lipinski definition) is 1. The lowest BCUT2D eigenvalue weighted by Gasteiger charge is -2.23. The van der Waals surface area contributed by atoms with Crippen LogP contribution in [-0.4, -0.2) is 47.4 Å². The molecule has 0 bridgehead atoms. The molecule has 3 rings (SSSR count). The molecule has 0 radical (unpaired) electrons. The molecule has 2 aromatic rings. The van der Waals surface area contributed by atoms with Gasteiger partial charge in [-0.1, -0.05) is 0 Å². The van der Waals surface area contributed by atoms with Gasteiger partial charge < -0.3 is 19.5 Å². The second kappa shape index (κ2) is 9.91. The maximum absolute atomic E-state index is 12.6. The van der Waals surface area contributed by atoms with Gasteiger partial charge in [-0.15, -0.1) is 0 Å². The lowest BCUT2D eigenvalue weighted by Crippen LogP contribution is -2.37. The number of nitrogens with one attached hydrogen (secondary N) is 1. The molecule has 1 N–H and O–H groups in total. The number of benzene rings is 2. The zero-order valence-electron chi connectivity index (χ0n) is 18.0. The van der Waals surface area contributed by atoms with E-state index in [9.17, 15) is 13.2 Å². The molecule has 1 amide bonds. The largest absolute Gasteiger partial charge is 0.493 e. The van der Waals surface area contributed by atoms with Crippen molar-refractivity contribution in [1.82, 2.24) is 0 Å². The first-order valence-corrected chi connectivity index (χ1v) is 11.9. The third-order valence-corrected chi connectivity index (χ3v) is 6.23. The van der Waals surface area contributed by atoms with Crippen LogP contribution in [0.15, 0.2) is 42.5 Å². The highest BCUT2D eigenvalue weighted by atomic mass is 32.2. The van der Waals surface area contributed by atoms with Crippen molar-refractivity contribution >= 4 is 27.3 Å². The number of carbonyl (C=O) groups excluding carboxylic acids is 1. The van der Waals surface area contributed by atoms with E-state index in [2.05, 4.69) is 5.32 Å². The second-order valence-electron chi connectivity index (χ2n) is 7.41. The highest BCUT2D eigenvalue weighted by Crippen LogP contribution is 2.32. The number of amides is 1. The molecular formula is C22H28N2O6S. The van der Waals surface area contributed by atoms with E-state index >= 15 is 0 Å². The topological polar surface area (TPSA) is 94.2 Å². The average molecular weight is 449 g/mol. The fourth-order valence-corrected chi connectivity index (χ4v) is 4.37. The smallest absolute Gasteiger partial charge is 0.245 e. The number of ether oxygens (including phenoxy) is 3. The van der Waals surface area contributed by atoms with E-state index in [0.717, 1.165) is 29.2 Å². The van der Waals surface area contributed by atoms with Crippen LogP contribution in [0.25, 0.3) is 0 Å². The van der Waals surface area contributed by atoms with Gasteiger partial charge >= 0.3 is 0 Å². The summed E-state index contributed by atoms with van der Waals surface area (Å²) in [7, 11) is -0.767. The van der Waals surface area contributed by atoms with Gasteiger partial charge in [0, 0.05) is 11.8 Å². The van der Waals surface area contributed by atoms with Gasteiger partial charge in [-0.2, -0.15) is 0 Å². The van der Waals surface area contributed by atoms with Gasteiger partial charge in [-0.25, -0.2) is 8.42 Å². The number of sulfonamides is 1. The molecule has 0 saturated heterocycles. The molecule has 0 aliphatic heterocycles. The van der Waals surface area contributed by atoms with E-state index in [0.29, 0.717) is 22.9 Å². The Morgan fingerprint density at radius 1 is 1.03 bits per heavy atom. The summed E-state index contributed by atoms with van der Waals surface area (Å²) in [4.78, 5) is 12.6. The number of anilines is 2. The number of rotatable bonds is 9. The van der Waals surface area contributed by atoms with Gasteiger partial charge in [0.25, 0.3) is 0 Å². The highest BCUT2D eigenvalue weighted by molar-refractivity contribution is 7.92. The Bertz CT molecular complexity index is 1000. The Morgan fingerprint density at radius 3 is 2.26 bits per heavy atom. The predicted molar refractivity (Wildman–Crippen MR) is 120 cm³/mol. The highest BCUT2D eigenvalue weighted by Gasteiger charge is 2.22. The summed E-state index contributed by atoms with van der Waals surface area (Å²) in [6.07, 6.45) is 5.81. The van der Waals surface area contributed by atoms with E-state index in [4.69, 9.17) is 14.2 Å². The van der Waals surface area contributed by atoms with Crippen molar-refractivity contribution in [2.24, 2.45) is 0 Å². The first kappa shape index (κ1) is 22.7. The molecule has 1 aliphatic carbocycles. The molecule has 2 aromatic carbocycles. The Kier molecular flexibility index (Phi) is 7.27. The SMILES string of the molecule is COc1ccc(N(CC(=O)Nc2ccc(OC3CCCC3)cc2)S(C)(=O)=O)cc1OC. The number of carbonyl (C=O) groups is 1. The van der Waals surface area contributed by atoms with Crippen molar-refractivity contribution in [3.8, 4) is 17.2 Å². The minimum absolute atomic E-state index is 0.255. The number of nitrogens with zero attached hydrogens (tertiary/aromatic N) is 1. The Hall–Kier alpha value is -2.94. The lowest BCUT2D eigenvalue weighted by atomic mass is 10.2.